The lowest BCUT2D eigenvalue weighted by molar-refractivity contribution is -0.124. The standard InChI is InChI=1S/C20H23NO7/c1-24-15-8-6-5-7-13(15)11-21-18(22)12-28-20(23)14-9-16(25-2)19(27-4)17(10-14)26-3/h5-10H,11-12H2,1-4H3,(H,21,22). The van der Waals surface area contributed by atoms with Crippen LogP contribution in [0.4, 0.5) is 0 Å². The van der Waals surface area contributed by atoms with Crippen molar-refractivity contribution in [1.82, 2.24) is 5.32 Å². The fourth-order valence-corrected chi connectivity index (χ4v) is 2.51. The fraction of sp³-hybridized carbons (Fsp3) is 0.300. The van der Waals surface area contributed by atoms with E-state index in [9.17, 15) is 9.59 Å². The molecule has 8 heteroatoms. The molecule has 0 fully saturated rings. The second kappa shape index (κ2) is 10.1. The van der Waals surface area contributed by atoms with Crippen molar-refractivity contribution in [3.63, 3.8) is 0 Å². The Bertz CT molecular complexity index is 810. The molecule has 0 aliphatic heterocycles. The zero-order valence-corrected chi connectivity index (χ0v) is 16.2. The van der Waals surface area contributed by atoms with E-state index in [2.05, 4.69) is 5.32 Å². The summed E-state index contributed by atoms with van der Waals surface area (Å²) in [5.74, 6) is 0.524. The van der Waals surface area contributed by atoms with Crippen molar-refractivity contribution in [3.8, 4) is 23.0 Å². The van der Waals surface area contributed by atoms with Crippen molar-refractivity contribution >= 4 is 11.9 Å². The summed E-state index contributed by atoms with van der Waals surface area (Å²) < 4.78 is 25.9. The van der Waals surface area contributed by atoms with Gasteiger partial charge in [-0.3, -0.25) is 4.79 Å². The zero-order chi connectivity index (χ0) is 20.5. The molecule has 1 N–H and O–H groups in total. The summed E-state index contributed by atoms with van der Waals surface area (Å²) in [5, 5.41) is 2.68. The molecule has 0 heterocycles. The summed E-state index contributed by atoms with van der Waals surface area (Å²) >= 11 is 0. The van der Waals surface area contributed by atoms with E-state index in [4.69, 9.17) is 23.7 Å². The highest BCUT2D eigenvalue weighted by Crippen LogP contribution is 2.38. The van der Waals surface area contributed by atoms with Crippen molar-refractivity contribution in [1.29, 1.82) is 0 Å². The molecule has 0 saturated carbocycles. The summed E-state index contributed by atoms with van der Waals surface area (Å²) in [6, 6.07) is 10.2. The number of esters is 1. The van der Waals surface area contributed by atoms with E-state index in [0.29, 0.717) is 23.0 Å². The first-order valence-corrected chi connectivity index (χ1v) is 8.39. The topological polar surface area (TPSA) is 92.3 Å². The third-order valence-corrected chi connectivity index (χ3v) is 3.90. The van der Waals surface area contributed by atoms with Crippen LogP contribution in [0.15, 0.2) is 36.4 Å². The van der Waals surface area contributed by atoms with Crippen molar-refractivity contribution in [2.75, 3.05) is 35.0 Å². The maximum Gasteiger partial charge on any atom is 0.338 e. The monoisotopic (exact) mass is 389 g/mol. The highest BCUT2D eigenvalue weighted by molar-refractivity contribution is 5.92. The number of carbonyl (C=O) groups excluding carboxylic acids is 2. The van der Waals surface area contributed by atoms with Gasteiger partial charge >= 0.3 is 5.97 Å². The molecule has 1 amide bonds. The van der Waals surface area contributed by atoms with Crippen LogP contribution in [-0.2, 0) is 16.1 Å². The Kier molecular flexibility index (Phi) is 7.50. The minimum absolute atomic E-state index is 0.173. The van der Waals surface area contributed by atoms with Gasteiger partial charge in [-0.25, -0.2) is 4.79 Å². The lowest BCUT2D eigenvalue weighted by Crippen LogP contribution is -2.28. The molecular weight excluding hydrogens is 366 g/mol. The Labute approximate surface area is 163 Å². The van der Waals surface area contributed by atoms with E-state index in [1.807, 2.05) is 18.2 Å². The molecule has 28 heavy (non-hydrogen) atoms. The van der Waals surface area contributed by atoms with Gasteiger partial charge in [0.25, 0.3) is 5.91 Å². The smallest absolute Gasteiger partial charge is 0.338 e. The summed E-state index contributed by atoms with van der Waals surface area (Å²) in [5.41, 5.74) is 0.987. The molecule has 0 aliphatic carbocycles. The van der Waals surface area contributed by atoms with Crippen LogP contribution < -0.4 is 24.3 Å². The maximum atomic E-state index is 12.3. The Hall–Kier alpha value is -3.42. The Balaban J connectivity index is 1.97. The highest BCUT2D eigenvalue weighted by atomic mass is 16.5. The van der Waals surface area contributed by atoms with Gasteiger partial charge in [0.15, 0.2) is 18.1 Å². The minimum Gasteiger partial charge on any atom is -0.496 e. The molecule has 0 aromatic heterocycles. The molecule has 150 valence electrons. The highest BCUT2D eigenvalue weighted by Gasteiger charge is 2.18. The summed E-state index contributed by atoms with van der Waals surface area (Å²) in [6.45, 7) is -0.171. The van der Waals surface area contributed by atoms with Crippen molar-refractivity contribution in [2.24, 2.45) is 0 Å². The van der Waals surface area contributed by atoms with E-state index in [-0.39, 0.29) is 12.1 Å². The van der Waals surface area contributed by atoms with E-state index in [1.54, 1.807) is 13.2 Å². The normalized spacial score (nSPS) is 10.0. The van der Waals surface area contributed by atoms with Crippen LogP contribution in [0.3, 0.4) is 0 Å². The summed E-state index contributed by atoms with van der Waals surface area (Å²) in [4.78, 5) is 24.3. The largest absolute Gasteiger partial charge is 0.496 e. The minimum atomic E-state index is -0.688. The van der Waals surface area contributed by atoms with Gasteiger partial charge < -0.3 is 29.0 Å². The van der Waals surface area contributed by atoms with Crippen LogP contribution in [0, 0.1) is 0 Å². The van der Waals surface area contributed by atoms with Gasteiger partial charge in [-0.1, -0.05) is 18.2 Å². The first kappa shape index (κ1) is 20.9. The van der Waals surface area contributed by atoms with Gasteiger partial charge in [-0.05, 0) is 18.2 Å². The number of carbonyl (C=O) groups is 2. The second-order valence-corrected chi connectivity index (χ2v) is 5.58. The predicted octanol–water partition coefficient (Wildman–Crippen LogP) is 2.19. The molecule has 0 unspecified atom stereocenters. The molecule has 0 radical (unpaired) electrons. The molecule has 0 spiro atoms. The van der Waals surface area contributed by atoms with Gasteiger partial charge in [-0.15, -0.1) is 0 Å². The van der Waals surface area contributed by atoms with Crippen LogP contribution in [0.5, 0.6) is 23.0 Å². The summed E-state index contributed by atoms with van der Waals surface area (Å²) in [6.07, 6.45) is 0. The van der Waals surface area contributed by atoms with Crippen molar-refractivity contribution < 1.29 is 33.3 Å². The van der Waals surface area contributed by atoms with Gasteiger partial charge in [0.05, 0.1) is 34.0 Å². The third-order valence-electron chi connectivity index (χ3n) is 3.90. The van der Waals surface area contributed by atoms with Crippen LogP contribution in [0.2, 0.25) is 0 Å². The fourth-order valence-electron chi connectivity index (χ4n) is 2.51. The molecule has 0 bridgehead atoms. The molecule has 2 aromatic carbocycles. The van der Waals surface area contributed by atoms with Crippen LogP contribution in [0.25, 0.3) is 0 Å². The number of nitrogens with one attached hydrogen (secondary N) is 1. The number of hydrogen-bond acceptors (Lipinski definition) is 7. The number of amides is 1. The Morgan fingerprint density at radius 3 is 2.04 bits per heavy atom. The number of benzene rings is 2. The number of hydrogen-bond donors (Lipinski definition) is 1. The molecule has 2 aromatic rings. The molecule has 8 nitrogen and oxygen atoms in total. The lowest BCUT2D eigenvalue weighted by atomic mass is 10.2. The third kappa shape index (κ3) is 5.06. The van der Waals surface area contributed by atoms with E-state index in [1.165, 1.54) is 33.5 Å². The predicted molar refractivity (Wildman–Crippen MR) is 101 cm³/mol. The van der Waals surface area contributed by atoms with Crippen LogP contribution in [-0.4, -0.2) is 46.9 Å². The number of para-hydroxylation sites is 1. The van der Waals surface area contributed by atoms with Crippen molar-refractivity contribution in [2.45, 2.75) is 6.54 Å². The number of methoxy groups -OCH3 is 4. The van der Waals surface area contributed by atoms with E-state index >= 15 is 0 Å². The van der Waals surface area contributed by atoms with Gasteiger partial charge in [0.1, 0.15) is 5.75 Å². The van der Waals surface area contributed by atoms with E-state index in [0.717, 1.165) is 5.56 Å². The Morgan fingerprint density at radius 2 is 1.46 bits per heavy atom. The first-order valence-electron chi connectivity index (χ1n) is 8.39. The van der Waals surface area contributed by atoms with Gasteiger partial charge in [0.2, 0.25) is 5.75 Å². The quantitative estimate of drug-likeness (QED) is 0.657. The van der Waals surface area contributed by atoms with Gasteiger partial charge in [-0.2, -0.15) is 0 Å². The molecule has 2 rings (SSSR count). The first-order chi connectivity index (χ1) is 13.5. The zero-order valence-electron chi connectivity index (χ0n) is 16.2. The molecule has 0 saturated heterocycles. The van der Waals surface area contributed by atoms with Crippen molar-refractivity contribution in [3.05, 3.63) is 47.5 Å². The van der Waals surface area contributed by atoms with Crippen LogP contribution >= 0.6 is 0 Å². The van der Waals surface area contributed by atoms with Crippen LogP contribution in [0.1, 0.15) is 15.9 Å². The molecular formula is C20H23NO7. The number of rotatable bonds is 9. The maximum absolute atomic E-state index is 12.3. The SMILES string of the molecule is COc1ccccc1CNC(=O)COC(=O)c1cc(OC)c(OC)c(OC)c1. The van der Waals surface area contributed by atoms with Gasteiger partial charge in [0, 0.05) is 12.1 Å². The number of ether oxygens (including phenoxy) is 5. The average molecular weight is 389 g/mol. The lowest BCUT2D eigenvalue weighted by Gasteiger charge is -2.14. The molecule has 0 atom stereocenters. The van der Waals surface area contributed by atoms with E-state index < -0.39 is 18.5 Å². The second-order valence-electron chi connectivity index (χ2n) is 5.58. The average Bonchev–Trinajstić information content (AvgIpc) is 2.74. The summed E-state index contributed by atoms with van der Waals surface area (Å²) in [7, 11) is 5.90. The molecule has 0 aliphatic rings. The Morgan fingerprint density at radius 1 is 0.857 bits per heavy atom.